The van der Waals surface area contributed by atoms with Gasteiger partial charge in [0.2, 0.25) is 0 Å². The Morgan fingerprint density at radius 2 is 1.77 bits per heavy atom. The topological polar surface area (TPSA) is 73.9 Å². The van der Waals surface area contributed by atoms with Gasteiger partial charge in [-0.1, -0.05) is 13.8 Å². The molecule has 0 spiro atoms. The molecule has 0 aliphatic heterocycles. The lowest BCUT2D eigenvalue weighted by atomic mass is 10.0. The summed E-state index contributed by atoms with van der Waals surface area (Å²) in [5, 5.41) is 5.10. The van der Waals surface area contributed by atoms with Crippen molar-refractivity contribution in [1.82, 2.24) is 0 Å². The molecule has 7 heteroatoms. The highest BCUT2D eigenvalue weighted by atomic mass is 32.1. The van der Waals surface area contributed by atoms with Crippen LogP contribution in [0.1, 0.15) is 29.8 Å². The van der Waals surface area contributed by atoms with Gasteiger partial charge in [-0.3, -0.25) is 4.79 Å². The molecular formula is C19H23NO5S. The van der Waals surface area contributed by atoms with Crippen LogP contribution in [0.5, 0.6) is 11.5 Å². The molecule has 140 valence electrons. The summed E-state index contributed by atoms with van der Waals surface area (Å²) in [6, 6.07) is 6.94. The first-order chi connectivity index (χ1) is 12.4. The fraction of sp³-hybridized carbons (Fsp3) is 0.368. The van der Waals surface area contributed by atoms with E-state index in [2.05, 4.69) is 19.2 Å². The Labute approximate surface area is 157 Å². The van der Waals surface area contributed by atoms with E-state index in [1.807, 2.05) is 5.38 Å². The molecule has 1 aromatic carbocycles. The number of hydrogen-bond acceptors (Lipinski definition) is 6. The molecule has 0 aliphatic rings. The van der Waals surface area contributed by atoms with Gasteiger partial charge in [-0.25, -0.2) is 4.79 Å². The van der Waals surface area contributed by atoms with Gasteiger partial charge in [0.15, 0.2) is 6.61 Å². The van der Waals surface area contributed by atoms with Crippen LogP contribution in [0.15, 0.2) is 29.6 Å². The smallest absolute Gasteiger partial charge is 0.341 e. The van der Waals surface area contributed by atoms with E-state index in [-0.39, 0.29) is 12.5 Å². The van der Waals surface area contributed by atoms with Crippen molar-refractivity contribution in [2.24, 2.45) is 5.92 Å². The van der Waals surface area contributed by atoms with Gasteiger partial charge in [0.1, 0.15) is 16.5 Å². The van der Waals surface area contributed by atoms with Crippen LogP contribution in [-0.2, 0) is 16.0 Å². The lowest BCUT2D eigenvalue weighted by Crippen LogP contribution is -2.21. The van der Waals surface area contributed by atoms with Crippen molar-refractivity contribution in [3.63, 3.8) is 0 Å². The van der Waals surface area contributed by atoms with Crippen molar-refractivity contribution in [1.29, 1.82) is 0 Å². The van der Waals surface area contributed by atoms with Crippen LogP contribution in [-0.4, -0.2) is 32.7 Å². The molecule has 0 aliphatic carbocycles. The predicted octanol–water partition coefficient (Wildman–Crippen LogP) is 3.76. The van der Waals surface area contributed by atoms with Gasteiger partial charge in [0.25, 0.3) is 5.91 Å². The highest BCUT2D eigenvalue weighted by Crippen LogP contribution is 2.30. The van der Waals surface area contributed by atoms with Crippen molar-refractivity contribution < 1.29 is 23.8 Å². The molecule has 0 saturated carbocycles. The Hall–Kier alpha value is -2.54. The van der Waals surface area contributed by atoms with E-state index < -0.39 is 5.97 Å². The minimum atomic E-state index is -0.451. The summed E-state index contributed by atoms with van der Waals surface area (Å²) in [6.07, 6.45) is 0.735. The summed E-state index contributed by atoms with van der Waals surface area (Å²) < 4.78 is 15.4. The Kier molecular flexibility index (Phi) is 7.03. The van der Waals surface area contributed by atoms with E-state index in [1.165, 1.54) is 18.4 Å². The number of carbonyl (C=O) groups is 2. The van der Waals surface area contributed by atoms with Gasteiger partial charge in [-0.15, -0.1) is 11.3 Å². The number of rotatable bonds is 8. The summed E-state index contributed by atoms with van der Waals surface area (Å²) in [7, 11) is 2.91. The fourth-order valence-corrected chi connectivity index (χ4v) is 3.36. The minimum absolute atomic E-state index is 0.162. The zero-order valence-corrected chi connectivity index (χ0v) is 16.1. The predicted molar refractivity (Wildman–Crippen MR) is 101 cm³/mol. The number of esters is 1. The van der Waals surface area contributed by atoms with Crippen LogP contribution >= 0.6 is 11.3 Å². The Balaban J connectivity index is 2.03. The molecule has 0 fully saturated rings. The quantitative estimate of drug-likeness (QED) is 0.709. The first kappa shape index (κ1) is 19.8. The molecule has 6 nitrogen and oxygen atoms in total. The molecule has 2 rings (SSSR count). The molecule has 1 N–H and O–H groups in total. The number of methoxy groups -OCH3 is 2. The average Bonchev–Trinajstić information content (AvgIpc) is 3.01. The van der Waals surface area contributed by atoms with Crippen molar-refractivity contribution >= 4 is 28.2 Å². The van der Waals surface area contributed by atoms with E-state index in [9.17, 15) is 9.59 Å². The molecule has 26 heavy (non-hydrogen) atoms. The molecule has 2 aromatic rings. The number of hydrogen-bond donors (Lipinski definition) is 1. The number of ether oxygens (including phenoxy) is 3. The van der Waals surface area contributed by atoms with E-state index in [0.29, 0.717) is 28.0 Å². The van der Waals surface area contributed by atoms with Crippen molar-refractivity contribution in [2.45, 2.75) is 20.3 Å². The number of benzene rings is 1. The Morgan fingerprint density at radius 3 is 2.35 bits per heavy atom. The third kappa shape index (κ3) is 5.23. The van der Waals surface area contributed by atoms with Crippen LogP contribution < -0.4 is 14.8 Å². The summed E-state index contributed by atoms with van der Waals surface area (Å²) in [5.74, 6) is 0.855. The third-order valence-corrected chi connectivity index (χ3v) is 4.51. The van der Waals surface area contributed by atoms with E-state index in [4.69, 9.17) is 14.2 Å². The van der Waals surface area contributed by atoms with Gasteiger partial charge in [-0.05, 0) is 47.5 Å². The van der Waals surface area contributed by atoms with E-state index in [0.717, 1.165) is 12.0 Å². The van der Waals surface area contributed by atoms with Crippen LogP contribution in [0, 0.1) is 5.92 Å². The normalized spacial score (nSPS) is 10.5. The molecular weight excluding hydrogens is 354 g/mol. The highest BCUT2D eigenvalue weighted by Gasteiger charge is 2.21. The van der Waals surface area contributed by atoms with Gasteiger partial charge >= 0.3 is 5.97 Å². The lowest BCUT2D eigenvalue weighted by Gasteiger charge is -2.10. The number of carbonyl (C=O) groups excluding carboxylic acids is 2. The number of thiophene rings is 1. The summed E-state index contributed by atoms with van der Waals surface area (Å²) in [6.45, 7) is 3.98. The SMILES string of the molecule is COC(=O)c1c(CC(C)C)csc1NC(=O)COc1ccc(OC)cc1. The first-order valence-electron chi connectivity index (χ1n) is 8.20. The maximum Gasteiger partial charge on any atom is 0.341 e. The zero-order chi connectivity index (χ0) is 19.1. The molecule has 0 bridgehead atoms. The van der Waals surface area contributed by atoms with E-state index in [1.54, 1.807) is 31.4 Å². The number of anilines is 1. The molecule has 1 heterocycles. The number of amides is 1. The zero-order valence-electron chi connectivity index (χ0n) is 15.3. The monoisotopic (exact) mass is 377 g/mol. The minimum Gasteiger partial charge on any atom is -0.497 e. The standard InChI is InChI=1S/C19H23NO5S/c1-12(2)9-13-11-26-18(17(13)19(22)24-4)20-16(21)10-25-15-7-5-14(23-3)6-8-15/h5-8,11-12H,9-10H2,1-4H3,(H,20,21). The second kappa shape index (κ2) is 9.24. The van der Waals surface area contributed by atoms with Crippen molar-refractivity contribution in [3.8, 4) is 11.5 Å². The molecule has 0 saturated heterocycles. The summed E-state index contributed by atoms with van der Waals surface area (Å²) >= 11 is 1.31. The second-order valence-electron chi connectivity index (χ2n) is 6.07. The fourth-order valence-electron chi connectivity index (χ4n) is 2.39. The van der Waals surface area contributed by atoms with E-state index >= 15 is 0 Å². The molecule has 1 amide bonds. The van der Waals surface area contributed by atoms with Crippen molar-refractivity contribution in [2.75, 3.05) is 26.1 Å². The van der Waals surface area contributed by atoms with Crippen LogP contribution in [0.25, 0.3) is 0 Å². The van der Waals surface area contributed by atoms with Crippen LogP contribution in [0.3, 0.4) is 0 Å². The molecule has 0 radical (unpaired) electrons. The third-order valence-electron chi connectivity index (χ3n) is 3.57. The van der Waals surface area contributed by atoms with Gasteiger partial charge in [-0.2, -0.15) is 0 Å². The Bertz CT molecular complexity index is 752. The second-order valence-corrected chi connectivity index (χ2v) is 6.95. The number of nitrogens with one attached hydrogen (secondary N) is 1. The maximum absolute atomic E-state index is 12.2. The first-order valence-corrected chi connectivity index (χ1v) is 9.08. The van der Waals surface area contributed by atoms with Crippen LogP contribution in [0.4, 0.5) is 5.00 Å². The molecule has 0 atom stereocenters. The van der Waals surface area contributed by atoms with Crippen LogP contribution in [0.2, 0.25) is 0 Å². The highest BCUT2D eigenvalue weighted by molar-refractivity contribution is 7.15. The van der Waals surface area contributed by atoms with Gasteiger partial charge in [0.05, 0.1) is 19.8 Å². The van der Waals surface area contributed by atoms with Gasteiger partial charge in [0, 0.05) is 0 Å². The summed E-state index contributed by atoms with van der Waals surface area (Å²) in [4.78, 5) is 24.3. The van der Waals surface area contributed by atoms with Gasteiger partial charge < -0.3 is 19.5 Å². The largest absolute Gasteiger partial charge is 0.497 e. The average molecular weight is 377 g/mol. The molecule has 1 aromatic heterocycles. The lowest BCUT2D eigenvalue weighted by molar-refractivity contribution is -0.118. The molecule has 0 unspecified atom stereocenters. The van der Waals surface area contributed by atoms with Crippen molar-refractivity contribution in [3.05, 3.63) is 40.8 Å². The summed E-state index contributed by atoms with van der Waals surface area (Å²) in [5.41, 5.74) is 1.30. The Morgan fingerprint density at radius 1 is 1.12 bits per heavy atom. The maximum atomic E-state index is 12.2.